The van der Waals surface area contributed by atoms with Crippen LogP contribution >= 0.6 is 0 Å². The number of likely N-dealkylation sites (tertiary alicyclic amines) is 1. The fourth-order valence-electron chi connectivity index (χ4n) is 3.85. The van der Waals surface area contributed by atoms with Crippen LogP contribution in [0.1, 0.15) is 51.3 Å². The number of benzene rings is 1. The Kier molecular flexibility index (Phi) is 6.82. The molecule has 3 N–H and O–H groups in total. The van der Waals surface area contributed by atoms with Crippen LogP contribution in [0.3, 0.4) is 0 Å². The summed E-state index contributed by atoms with van der Waals surface area (Å²) in [5.74, 6) is -0.353. The Morgan fingerprint density at radius 2 is 2.00 bits per heavy atom. The van der Waals surface area contributed by atoms with E-state index in [1.54, 1.807) is 4.90 Å². The Balaban J connectivity index is 1.59. The van der Waals surface area contributed by atoms with Crippen molar-refractivity contribution < 1.29 is 14.0 Å². The molecule has 0 saturated carbocycles. The van der Waals surface area contributed by atoms with E-state index < -0.39 is 11.5 Å². The summed E-state index contributed by atoms with van der Waals surface area (Å²) < 4.78 is 14.6. The Morgan fingerprint density at radius 1 is 1.31 bits per heavy atom. The zero-order valence-corrected chi connectivity index (χ0v) is 18.7. The number of hydrogen-bond donors (Lipinski definition) is 2. The first-order valence-electron chi connectivity index (χ1n) is 10.8. The predicted molar refractivity (Wildman–Crippen MR) is 118 cm³/mol. The molecule has 1 unspecified atom stereocenters. The lowest BCUT2D eigenvalue weighted by atomic mass is 9.94. The molecule has 1 saturated heterocycles. The Morgan fingerprint density at radius 3 is 2.62 bits per heavy atom. The minimum absolute atomic E-state index is 0.0179. The van der Waals surface area contributed by atoms with Crippen molar-refractivity contribution in [2.24, 2.45) is 5.41 Å². The number of hydrogen-bond acceptors (Lipinski definition) is 5. The highest BCUT2D eigenvalue weighted by Crippen LogP contribution is 2.26. The number of carbonyl (C=O) groups is 2. The SMILES string of the molecule is CC(C)(C)C(=O)N1CCCC1C(=O)NCCCc1nn(-c2ccc(F)cc2)c(N)c1C#N. The molecule has 0 spiro atoms. The molecule has 1 aliphatic heterocycles. The summed E-state index contributed by atoms with van der Waals surface area (Å²) in [4.78, 5) is 26.9. The Hall–Kier alpha value is -3.41. The summed E-state index contributed by atoms with van der Waals surface area (Å²) in [5, 5.41) is 16.8. The quantitative estimate of drug-likeness (QED) is 0.670. The summed E-state index contributed by atoms with van der Waals surface area (Å²) in [6.07, 6.45) is 2.47. The van der Waals surface area contributed by atoms with Gasteiger partial charge in [0, 0.05) is 18.5 Å². The standard InChI is InChI=1S/C23H29FN6O2/c1-23(2,3)22(32)29-13-5-7-19(29)21(31)27-12-4-6-18-17(14-25)20(26)30(28-18)16-10-8-15(24)9-11-16/h8-11,19H,4-7,12-13,26H2,1-3H3,(H,27,31). The van der Waals surface area contributed by atoms with E-state index in [1.165, 1.54) is 28.9 Å². The van der Waals surface area contributed by atoms with Crippen molar-refractivity contribution in [3.63, 3.8) is 0 Å². The van der Waals surface area contributed by atoms with E-state index in [-0.39, 0.29) is 29.0 Å². The fourth-order valence-corrected chi connectivity index (χ4v) is 3.85. The molecule has 0 bridgehead atoms. The molecule has 3 rings (SSSR count). The normalized spacial score (nSPS) is 16.1. The third-order valence-electron chi connectivity index (χ3n) is 5.52. The van der Waals surface area contributed by atoms with Gasteiger partial charge in [0.1, 0.15) is 29.3 Å². The van der Waals surface area contributed by atoms with E-state index in [0.717, 1.165) is 6.42 Å². The van der Waals surface area contributed by atoms with Gasteiger partial charge in [0.05, 0.1) is 11.4 Å². The number of rotatable bonds is 6. The van der Waals surface area contributed by atoms with Gasteiger partial charge >= 0.3 is 0 Å². The second-order valence-corrected chi connectivity index (χ2v) is 9.01. The molecule has 1 aliphatic rings. The molecule has 170 valence electrons. The van der Waals surface area contributed by atoms with E-state index in [1.807, 2.05) is 20.8 Å². The van der Waals surface area contributed by atoms with Gasteiger partial charge in [0.25, 0.3) is 0 Å². The number of nitrogens with one attached hydrogen (secondary N) is 1. The molecule has 0 radical (unpaired) electrons. The number of nitrogens with two attached hydrogens (primary N) is 1. The number of aryl methyl sites for hydroxylation is 1. The first kappa shape index (κ1) is 23.3. The highest BCUT2D eigenvalue weighted by atomic mass is 19.1. The van der Waals surface area contributed by atoms with Crippen molar-refractivity contribution in [2.45, 2.75) is 52.5 Å². The molecule has 8 nitrogen and oxygen atoms in total. The molecule has 2 heterocycles. The van der Waals surface area contributed by atoms with Crippen molar-refractivity contribution in [2.75, 3.05) is 18.8 Å². The van der Waals surface area contributed by atoms with Crippen molar-refractivity contribution in [1.82, 2.24) is 20.0 Å². The number of amides is 2. The molecule has 1 aromatic carbocycles. The average Bonchev–Trinajstić information content (AvgIpc) is 3.35. The second kappa shape index (κ2) is 9.39. The molecule has 9 heteroatoms. The molecule has 1 aromatic heterocycles. The van der Waals surface area contributed by atoms with Gasteiger partial charge < -0.3 is 16.0 Å². The number of nitrogen functional groups attached to an aromatic ring is 1. The smallest absolute Gasteiger partial charge is 0.242 e. The fraction of sp³-hybridized carbons (Fsp3) is 0.478. The van der Waals surface area contributed by atoms with Crippen LogP contribution in [-0.4, -0.2) is 45.6 Å². The van der Waals surface area contributed by atoms with Crippen molar-refractivity contribution in [3.05, 3.63) is 41.3 Å². The van der Waals surface area contributed by atoms with Crippen molar-refractivity contribution in [1.29, 1.82) is 5.26 Å². The monoisotopic (exact) mass is 440 g/mol. The van der Waals surface area contributed by atoms with E-state index in [2.05, 4.69) is 16.5 Å². The van der Waals surface area contributed by atoms with Gasteiger partial charge in [-0.05, 0) is 49.9 Å². The largest absolute Gasteiger partial charge is 0.382 e. The Bertz CT molecular complexity index is 1030. The van der Waals surface area contributed by atoms with Gasteiger partial charge in [-0.1, -0.05) is 20.8 Å². The van der Waals surface area contributed by atoms with E-state index in [4.69, 9.17) is 5.73 Å². The molecule has 32 heavy (non-hydrogen) atoms. The topological polar surface area (TPSA) is 117 Å². The molecule has 1 fully saturated rings. The molecular weight excluding hydrogens is 411 g/mol. The van der Waals surface area contributed by atoms with E-state index >= 15 is 0 Å². The number of carbonyl (C=O) groups excluding carboxylic acids is 2. The summed E-state index contributed by atoms with van der Waals surface area (Å²) in [5.41, 5.74) is 6.91. The predicted octanol–water partition coefficient (Wildman–Crippen LogP) is 2.55. The number of anilines is 1. The van der Waals surface area contributed by atoms with Gasteiger partial charge in [-0.15, -0.1) is 0 Å². The minimum atomic E-state index is -0.528. The third-order valence-corrected chi connectivity index (χ3v) is 5.52. The maximum absolute atomic E-state index is 13.2. The maximum Gasteiger partial charge on any atom is 0.242 e. The molecule has 1 atom stereocenters. The van der Waals surface area contributed by atoms with Crippen LogP contribution in [-0.2, 0) is 16.0 Å². The lowest BCUT2D eigenvalue weighted by molar-refractivity contribution is -0.144. The summed E-state index contributed by atoms with van der Waals surface area (Å²) in [7, 11) is 0. The number of aromatic nitrogens is 2. The molecular formula is C23H29FN6O2. The summed E-state index contributed by atoms with van der Waals surface area (Å²) in [6, 6.07) is 7.31. The zero-order chi connectivity index (χ0) is 23.5. The van der Waals surface area contributed by atoms with Gasteiger partial charge in [-0.25, -0.2) is 9.07 Å². The van der Waals surface area contributed by atoms with Crippen LogP contribution in [0.25, 0.3) is 5.69 Å². The molecule has 2 aromatic rings. The van der Waals surface area contributed by atoms with Crippen LogP contribution in [0.15, 0.2) is 24.3 Å². The second-order valence-electron chi connectivity index (χ2n) is 9.01. The van der Waals surface area contributed by atoms with Crippen molar-refractivity contribution >= 4 is 17.6 Å². The number of nitriles is 1. The highest BCUT2D eigenvalue weighted by molar-refractivity contribution is 5.90. The van der Waals surface area contributed by atoms with Gasteiger partial charge in [0.2, 0.25) is 11.8 Å². The van der Waals surface area contributed by atoms with Crippen LogP contribution in [0.2, 0.25) is 0 Å². The number of nitrogens with zero attached hydrogens (tertiary/aromatic N) is 4. The highest BCUT2D eigenvalue weighted by Gasteiger charge is 2.38. The lowest BCUT2D eigenvalue weighted by Gasteiger charge is -2.30. The molecule has 0 aliphatic carbocycles. The minimum Gasteiger partial charge on any atom is -0.382 e. The van der Waals surface area contributed by atoms with Crippen molar-refractivity contribution in [3.8, 4) is 11.8 Å². The Labute approximate surface area is 187 Å². The molecule has 2 amide bonds. The van der Waals surface area contributed by atoms with Crippen LogP contribution in [0.4, 0.5) is 10.2 Å². The van der Waals surface area contributed by atoms with Crippen LogP contribution in [0, 0.1) is 22.6 Å². The van der Waals surface area contributed by atoms with Gasteiger partial charge in [-0.3, -0.25) is 9.59 Å². The van der Waals surface area contributed by atoms with Gasteiger partial charge in [-0.2, -0.15) is 10.4 Å². The van der Waals surface area contributed by atoms with E-state index in [9.17, 15) is 19.2 Å². The summed E-state index contributed by atoms with van der Waals surface area (Å²) in [6.45, 7) is 6.55. The van der Waals surface area contributed by atoms with E-state index in [0.29, 0.717) is 43.7 Å². The van der Waals surface area contributed by atoms with Crippen LogP contribution in [0.5, 0.6) is 0 Å². The van der Waals surface area contributed by atoms with Crippen LogP contribution < -0.4 is 11.1 Å². The first-order chi connectivity index (χ1) is 15.1. The van der Waals surface area contributed by atoms with Gasteiger partial charge in [0.15, 0.2) is 0 Å². The number of halogens is 1. The third kappa shape index (κ3) is 4.90. The average molecular weight is 441 g/mol. The first-order valence-corrected chi connectivity index (χ1v) is 10.8. The lowest BCUT2D eigenvalue weighted by Crippen LogP contribution is -2.49. The summed E-state index contributed by atoms with van der Waals surface area (Å²) >= 11 is 0. The maximum atomic E-state index is 13.2. The zero-order valence-electron chi connectivity index (χ0n) is 18.7.